The van der Waals surface area contributed by atoms with E-state index in [0.717, 1.165) is 0 Å². The third kappa shape index (κ3) is 4.38. The van der Waals surface area contributed by atoms with Gasteiger partial charge in [0.25, 0.3) is 5.91 Å². The van der Waals surface area contributed by atoms with Gasteiger partial charge in [-0.1, -0.05) is 0 Å². The van der Waals surface area contributed by atoms with Crippen LogP contribution in [0.15, 0.2) is 42.5 Å². The highest BCUT2D eigenvalue weighted by Gasteiger charge is 2.10. The SMILES string of the molecule is COc1ccc(C(N)=O)c(OCCOc2ccc(C#N)cc2)c1. The summed E-state index contributed by atoms with van der Waals surface area (Å²) in [7, 11) is 1.52. The van der Waals surface area contributed by atoms with Crippen molar-refractivity contribution in [2.24, 2.45) is 5.73 Å². The van der Waals surface area contributed by atoms with E-state index in [-0.39, 0.29) is 18.8 Å². The molecule has 0 unspecified atom stereocenters. The van der Waals surface area contributed by atoms with Gasteiger partial charge in [0.05, 0.1) is 24.3 Å². The van der Waals surface area contributed by atoms with E-state index < -0.39 is 5.91 Å². The van der Waals surface area contributed by atoms with Crippen LogP contribution in [-0.4, -0.2) is 26.2 Å². The molecule has 0 saturated heterocycles. The van der Waals surface area contributed by atoms with E-state index in [0.29, 0.717) is 22.8 Å². The van der Waals surface area contributed by atoms with Crippen LogP contribution < -0.4 is 19.9 Å². The van der Waals surface area contributed by atoms with Gasteiger partial charge < -0.3 is 19.9 Å². The standard InChI is InChI=1S/C17H16N2O4/c1-21-14-6-7-15(17(19)20)16(10-14)23-9-8-22-13-4-2-12(11-18)3-5-13/h2-7,10H,8-9H2,1H3,(H2,19,20). The number of ether oxygens (including phenoxy) is 3. The molecule has 0 spiro atoms. The van der Waals surface area contributed by atoms with Crippen molar-refractivity contribution >= 4 is 5.91 Å². The molecule has 2 rings (SSSR count). The van der Waals surface area contributed by atoms with Crippen molar-refractivity contribution < 1.29 is 19.0 Å². The molecule has 1 amide bonds. The molecule has 0 aliphatic heterocycles. The van der Waals surface area contributed by atoms with Crippen LogP contribution in [0, 0.1) is 11.3 Å². The molecule has 0 atom stereocenters. The Labute approximate surface area is 134 Å². The first-order chi connectivity index (χ1) is 11.1. The third-order valence-corrected chi connectivity index (χ3v) is 3.05. The third-order valence-electron chi connectivity index (χ3n) is 3.05. The van der Waals surface area contributed by atoms with Gasteiger partial charge in [-0.3, -0.25) is 4.79 Å². The molecule has 0 heterocycles. The Kier molecular flexibility index (Phi) is 5.42. The zero-order valence-electron chi connectivity index (χ0n) is 12.6. The van der Waals surface area contributed by atoms with Gasteiger partial charge in [-0.15, -0.1) is 0 Å². The zero-order chi connectivity index (χ0) is 16.7. The second-order valence-corrected chi connectivity index (χ2v) is 4.56. The van der Waals surface area contributed by atoms with Crippen LogP contribution in [-0.2, 0) is 0 Å². The molecule has 6 heteroatoms. The Morgan fingerprint density at radius 1 is 1.09 bits per heavy atom. The number of primary amides is 1. The largest absolute Gasteiger partial charge is 0.497 e. The highest BCUT2D eigenvalue weighted by atomic mass is 16.5. The molecule has 0 aromatic heterocycles. The Morgan fingerprint density at radius 3 is 2.35 bits per heavy atom. The predicted molar refractivity (Wildman–Crippen MR) is 83.7 cm³/mol. The van der Waals surface area contributed by atoms with Crippen molar-refractivity contribution in [1.82, 2.24) is 0 Å². The summed E-state index contributed by atoms with van der Waals surface area (Å²) in [6, 6.07) is 13.6. The second-order valence-electron chi connectivity index (χ2n) is 4.56. The fourth-order valence-corrected chi connectivity index (χ4v) is 1.89. The molecule has 0 aliphatic carbocycles. The normalized spacial score (nSPS) is 9.74. The first-order valence-corrected chi connectivity index (χ1v) is 6.87. The summed E-state index contributed by atoms with van der Waals surface area (Å²) in [5, 5.41) is 8.72. The fraction of sp³-hybridized carbons (Fsp3) is 0.176. The minimum absolute atomic E-state index is 0.230. The zero-order valence-corrected chi connectivity index (χ0v) is 12.6. The van der Waals surface area contributed by atoms with E-state index in [1.807, 2.05) is 6.07 Å². The van der Waals surface area contributed by atoms with Gasteiger partial charge in [0.15, 0.2) is 0 Å². The number of rotatable bonds is 7. The lowest BCUT2D eigenvalue weighted by molar-refractivity contribution is 0.0995. The van der Waals surface area contributed by atoms with Crippen molar-refractivity contribution in [1.29, 1.82) is 5.26 Å². The van der Waals surface area contributed by atoms with E-state index in [2.05, 4.69) is 0 Å². The van der Waals surface area contributed by atoms with E-state index >= 15 is 0 Å². The highest BCUT2D eigenvalue weighted by Crippen LogP contribution is 2.24. The molecule has 0 aliphatic rings. The molecule has 0 saturated carbocycles. The average molecular weight is 312 g/mol. The monoisotopic (exact) mass is 312 g/mol. The minimum atomic E-state index is -0.573. The number of methoxy groups -OCH3 is 1. The Balaban J connectivity index is 1.92. The van der Waals surface area contributed by atoms with E-state index in [1.165, 1.54) is 7.11 Å². The lowest BCUT2D eigenvalue weighted by atomic mass is 10.2. The topological polar surface area (TPSA) is 94.6 Å². The maximum Gasteiger partial charge on any atom is 0.252 e. The quantitative estimate of drug-likeness (QED) is 0.790. The second kappa shape index (κ2) is 7.71. The van der Waals surface area contributed by atoms with Gasteiger partial charge in [-0.05, 0) is 36.4 Å². The number of hydrogen-bond donors (Lipinski definition) is 1. The predicted octanol–water partition coefficient (Wildman–Crippen LogP) is 2.12. The molecule has 118 valence electrons. The lowest BCUT2D eigenvalue weighted by Gasteiger charge is -2.12. The summed E-state index contributed by atoms with van der Waals surface area (Å²) in [5.74, 6) is 0.974. The number of carbonyl (C=O) groups excluding carboxylic acids is 1. The molecule has 23 heavy (non-hydrogen) atoms. The van der Waals surface area contributed by atoms with E-state index in [4.69, 9.17) is 25.2 Å². The number of nitrogens with two attached hydrogens (primary N) is 1. The molecule has 0 bridgehead atoms. The Morgan fingerprint density at radius 2 is 1.74 bits per heavy atom. The van der Waals surface area contributed by atoms with Crippen LogP contribution in [0.25, 0.3) is 0 Å². The molecular weight excluding hydrogens is 296 g/mol. The van der Waals surface area contributed by atoms with Crippen molar-refractivity contribution in [3.8, 4) is 23.3 Å². The van der Waals surface area contributed by atoms with Crippen LogP contribution in [0.4, 0.5) is 0 Å². The summed E-state index contributed by atoms with van der Waals surface area (Å²) >= 11 is 0. The summed E-state index contributed by atoms with van der Waals surface area (Å²) in [5.41, 5.74) is 6.16. The first-order valence-electron chi connectivity index (χ1n) is 6.87. The van der Waals surface area contributed by atoms with Crippen LogP contribution in [0.5, 0.6) is 17.2 Å². The fourth-order valence-electron chi connectivity index (χ4n) is 1.89. The number of benzene rings is 2. The van der Waals surface area contributed by atoms with Crippen LogP contribution >= 0.6 is 0 Å². The maximum absolute atomic E-state index is 11.4. The van der Waals surface area contributed by atoms with Gasteiger partial charge in [-0.25, -0.2) is 0 Å². The summed E-state index contributed by atoms with van der Waals surface area (Å²) in [6.45, 7) is 0.509. The molecule has 0 radical (unpaired) electrons. The number of hydrogen-bond acceptors (Lipinski definition) is 5. The first kappa shape index (κ1) is 16.2. The number of nitriles is 1. The lowest BCUT2D eigenvalue weighted by Crippen LogP contribution is -2.15. The summed E-state index contributed by atoms with van der Waals surface area (Å²) < 4.78 is 16.1. The average Bonchev–Trinajstić information content (AvgIpc) is 2.58. The highest BCUT2D eigenvalue weighted by molar-refractivity contribution is 5.95. The summed E-state index contributed by atoms with van der Waals surface area (Å²) in [6.07, 6.45) is 0. The van der Waals surface area contributed by atoms with Gasteiger partial charge in [0.2, 0.25) is 0 Å². The van der Waals surface area contributed by atoms with Crippen molar-refractivity contribution in [3.63, 3.8) is 0 Å². The van der Waals surface area contributed by atoms with Crippen molar-refractivity contribution in [2.45, 2.75) is 0 Å². The van der Waals surface area contributed by atoms with E-state index in [9.17, 15) is 4.79 Å². The number of carbonyl (C=O) groups is 1. The number of amides is 1. The molecule has 6 nitrogen and oxygen atoms in total. The molecule has 2 N–H and O–H groups in total. The van der Waals surface area contributed by atoms with Crippen molar-refractivity contribution in [3.05, 3.63) is 53.6 Å². The van der Waals surface area contributed by atoms with Gasteiger partial charge >= 0.3 is 0 Å². The Hall–Kier alpha value is -3.20. The van der Waals surface area contributed by atoms with E-state index in [1.54, 1.807) is 42.5 Å². The maximum atomic E-state index is 11.4. The number of nitrogens with zero attached hydrogens (tertiary/aromatic N) is 1. The van der Waals surface area contributed by atoms with Crippen molar-refractivity contribution in [2.75, 3.05) is 20.3 Å². The molecular formula is C17H16N2O4. The molecule has 0 fully saturated rings. The van der Waals surface area contributed by atoms with Gasteiger partial charge in [-0.2, -0.15) is 5.26 Å². The Bertz CT molecular complexity index is 720. The summed E-state index contributed by atoms with van der Waals surface area (Å²) in [4.78, 5) is 11.4. The van der Waals surface area contributed by atoms with Crippen LogP contribution in [0.2, 0.25) is 0 Å². The molecule has 2 aromatic carbocycles. The molecule has 2 aromatic rings. The smallest absolute Gasteiger partial charge is 0.252 e. The van der Waals surface area contributed by atoms with Crippen LogP contribution in [0.3, 0.4) is 0 Å². The van der Waals surface area contributed by atoms with Crippen LogP contribution in [0.1, 0.15) is 15.9 Å². The van der Waals surface area contributed by atoms with Gasteiger partial charge in [0.1, 0.15) is 30.5 Å². The van der Waals surface area contributed by atoms with Gasteiger partial charge in [0, 0.05) is 6.07 Å². The minimum Gasteiger partial charge on any atom is -0.497 e.